The number of carbonyl (C=O) groups excluding carboxylic acids is 1. The second kappa shape index (κ2) is 2.02. The minimum atomic E-state index is -0.0784. The highest BCUT2D eigenvalue weighted by atomic mass is 16.7. The van der Waals surface area contributed by atoms with E-state index in [4.69, 9.17) is 4.84 Å². The molecule has 2 aliphatic heterocycles. The van der Waals surface area contributed by atoms with Gasteiger partial charge in [-0.2, -0.15) is 0 Å². The van der Waals surface area contributed by atoms with Gasteiger partial charge in [0.05, 0.1) is 17.5 Å². The van der Waals surface area contributed by atoms with Crippen molar-refractivity contribution in [2.75, 3.05) is 0 Å². The van der Waals surface area contributed by atoms with E-state index in [1.165, 1.54) is 0 Å². The third kappa shape index (κ3) is 0.891. The van der Waals surface area contributed by atoms with Crippen molar-refractivity contribution in [1.29, 1.82) is 0 Å². The first-order valence-corrected chi connectivity index (χ1v) is 4.45. The molecule has 0 saturated carbocycles. The summed E-state index contributed by atoms with van der Waals surface area (Å²) in [5.41, 5.74) is 0.00148. The van der Waals surface area contributed by atoms with Crippen molar-refractivity contribution in [3.05, 3.63) is 0 Å². The van der Waals surface area contributed by atoms with E-state index in [-0.39, 0.29) is 17.0 Å². The summed E-state index contributed by atoms with van der Waals surface area (Å²) in [4.78, 5) is 16.3. The predicted molar refractivity (Wildman–Crippen MR) is 44.3 cm³/mol. The smallest absolute Gasteiger partial charge is 0.327 e. The Balaban J connectivity index is 2.31. The maximum absolute atomic E-state index is 11.1. The number of fused-ring (bicyclic) bond motifs is 1. The van der Waals surface area contributed by atoms with Crippen LogP contribution in [0.3, 0.4) is 0 Å². The van der Waals surface area contributed by atoms with Gasteiger partial charge in [-0.3, -0.25) is 4.79 Å². The third-order valence-corrected chi connectivity index (χ3v) is 3.03. The molecule has 2 heterocycles. The molecule has 1 atom stereocenters. The maximum Gasteiger partial charge on any atom is 0.327 e. The molecule has 0 radical (unpaired) electrons. The lowest BCUT2D eigenvalue weighted by Crippen LogP contribution is -2.44. The summed E-state index contributed by atoms with van der Waals surface area (Å²) in [6.45, 7) is 6.35. The fourth-order valence-corrected chi connectivity index (χ4v) is 2.35. The zero-order valence-corrected chi connectivity index (χ0v) is 7.89. The molecule has 0 spiro atoms. The van der Waals surface area contributed by atoms with Gasteiger partial charge in [-0.05, 0) is 33.6 Å². The summed E-state index contributed by atoms with van der Waals surface area (Å²) in [6, 6.07) is 0. The molecule has 0 bridgehead atoms. The molecule has 0 aromatic rings. The predicted octanol–water partition coefficient (Wildman–Crippen LogP) is 1.48. The highest BCUT2D eigenvalue weighted by molar-refractivity contribution is 5.72. The number of carbonyl (C=O) groups is 1. The number of rotatable bonds is 0. The number of hydrogen-bond donors (Lipinski definition) is 0. The Labute approximate surface area is 72.6 Å². The summed E-state index contributed by atoms with van der Waals surface area (Å²) >= 11 is 0. The van der Waals surface area contributed by atoms with E-state index in [1.807, 2.05) is 5.06 Å². The van der Waals surface area contributed by atoms with Crippen LogP contribution in [-0.4, -0.2) is 22.1 Å². The topological polar surface area (TPSA) is 29.5 Å². The Morgan fingerprint density at radius 2 is 2.00 bits per heavy atom. The normalized spacial score (nSPS) is 39.8. The molecule has 0 aromatic carbocycles. The molecule has 2 aliphatic rings. The molecule has 3 nitrogen and oxygen atoms in total. The molecule has 68 valence electrons. The zero-order chi connectivity index (χ0) is 8.98. The number of nitrogens with zero attached hydrogens (tertiary/aromatic N) is 1. The minimum absolute atomic E-state index is 0.0272. The van der Waals surface area contributed by atoms with Gasteiger partial charge < -0.3 is 4.84 Å². The summed E-state index contributed by atoms with van der Waals surface area (Å²) in [5, 5.41) is 1.89. The lowest BCUT2D eigenvalue weighted by atomic mass is 9.96. The van der Waals surface area contributed by atoms with Gasteiger partial charge in [0.25, 0.3) is 0 Å². The lowest BCUT2D eigenvalue weighted by molar-refractivity contribution is -0.202. The Morgan fingerprint density at radius 3 is 2.58 bits per heavy atom. The Kier molecular flexibility index (Phi) is 1.35. The van der Waals surface area contributed by atoms with Gasteiger partial charge in [0.2, 0.25) is 0 Å². The molecule has 2 fully saturated rings. The largest absolute Gasteiger partial charge is 0.367 e. The van der Waals surface area contributed by atoms with Crippen LogP contribution in [0.25, 0.3) is 0 Å². The summed E-state index contributed by atoms with van der Waals surface area (Å²) in [6.07, 6.45) is 2.72. The van der Waals surface area contributed by atoms with Gasteiger partial charge in [-0.25, -0.2) is 0 Å². The molecule has 12 heavy (non-hydrogen) atoms. The van der Waals surface area contributed by atoms with E-state index >= 15 is 0 Å². The molecular weight excluding hydrogens is 154 g/mol. The standard InChI is InChI=1S/C9H15NO2/c1-8(2)4-5-9(3)6-7(11)12-10(8)9/h4-6H2,1-3H3. The van der Waals surface area contributed by atoms with Gasteiger partial charge in [0.15, 0.2) is 0 Å². The first kappa shape index (κ1) is 8.05. The number of hydrogen-bond acceptors (Lipinski definition) is 3. The van der Waals surface area contributed by atoms with Crippen LogP contribution in [0.1, 0.15) is 40.0 Å². The third-order valence-electron chi connectivity index (χ3n) is 3.03. The van der Waals surface area contributed by atoms with Crippen molar-refractivity contribution in [2.45, 2.75) is 51.1 Å². The molecule has 0 amide bonds. The zero-order valence-electron chi connectivity index (χ0n) is 7.89. The van der Waals surface area contributed by atoms with Crippen LogP contribution >= 0.6 is 0 Å². The SMILES string of the molecule is CC1(C)CCC2(C)CC(=O)ON12. The molecule has 0 aromatic heterocycles. The Morgan fingerprint density at radius 1 is 1.33 bits per heavy atom. The van der Waals surface area contributed by atoms with Crippen LogP contribution in [0.15, 0.2) is 0 Å². The van der Waals surface area contributed by atoms with Crippen LogP contribution in [0.2, 0.25) is 0 Å². The average molecular weight is 169 g/mol. The summed E-state index contributed by atoms with van der Waals surface area (Å²) in [7, 11) is 0. The minimum Gasteiger partial charge on any atom is -0.367 e. The van der Waals surface area contributed by atoms with Crippen molar-refractivity contribution in [3.63, 3.8) is 0 Å². The second-order valence-corrected chi connectivity index (χ2v) is 4.74. The monoisotopic (exact) mass is 169 g/mol. The van der Waals surface area contributed by atoms with E-state index in [0.29, 0.717) is 6.42 Å². The first-order valence-electron chi connectivity index (χ1n) is 4.45. The quantitative estimate of drug-likeness (QED) is 0.550. The van der Waals surface area contributed by atoms with Crippen LogP contribution in [0, 0.1) is 0 Å². The van der Waals surface area contributed by atoms with Crippen molar-refractivity contribution < 1.29 is 9.63 Å². The van der Waals surface area contributed by atoms with Gasteiger partial charge in [0, 0.05) is 0 Å². The molecule has 3 heteroatoms. The molecular formula is C9H15NO2. The van der Waals surface area contributed by atoms with Gasteiger partial charge in [-0.15, -0.1) is 5.06 Å². The fourth-order valence-electron chi connectivity index (χ4n) is 2.35. The molecule has 1 unspecified atom stereocenters. The Hall–Kier alpha value is -0.570. The van der Waals surface area contributed by atoms with E-state index in [2.05, 4.69) is 20.8 Å². The fraction of sp³-hybridized carbons (Fsp3) is 0.889. The summed E-state index contributed by atoms with van der Waals surface area (Å²) < 4.78 is 0. The maximum atomic E-state index is 11.1. The van der Waals surface area contributed by atoms with Crippen LogP contribution < -0.4 is 0 Å². The molecule has 2 saturated heterocycles. The lowest BCUT2D eigenvalue weighted by Gasteiger charge is -2.32. The van der Waals surface area contributed by atoms with E-state index < -0.39 is 0 Å². The molecule has 0 N–H and O–H groups in total. The number of hydroxylamine groups is 2. The van der Waals surface area contributed by atoms with Crippen LogP contribution in [0.4, 0.5) is 0 Å². The van der Waals surface area contributed by atoms with Crippen molar-refractivity contribution in [2.24, 2.45) is 0 Å². The summed E-state index contributed by atoms with van der Waals surface area (Å²) in [5.74, 6) is -0.0784. The van der Waals surface area contributed by atoms with Crippen molar-refractivity contribution in [3.8, 4) is 0 Å². The Bertz CT molecular complexity index is 237. The highest BCUT2D eigenvalue weighted by Gasteiger charge is 2.55. The van der Waals surface area contributed by atoms with Crippen LogP contribution in [-0.2, 0) is 9.63 Å². The van der Waals surface area contributed by atoms with E-state index in [1.54, 1.807) is 0 Å². The second-order valence-electron chi connectivity index (χ2n) is 4.74. The molecule has 0 aliphatic carbocycles. The van der Waals surface area contributed by atoms with Gasteiger partial charge >= 0.3 is 5.97 Å². The first-order chi connectivity index (χ1) is 5.44. The van der Waals surface area contributed by atoms with Gasteiger partial charge in [0.1, 0.15) is 0 Å². The molecule has 2 rings (SSSR count). The van der Waals surface area contributed by atoms with Crippen molar-refractivity contribution >= 4 is 5.97 Å². The van der Waals surface area contributed by atoms with Crippen molar-refractivity contribution in [1.82, 2.24) is 5.06 Å². The van der Waals surface area contributed by atoms with Gasteiger partial charge in [-0.1, -0.05) is 0 Å². The average Bonchev–Trinajstić information content (AvgIpc) is 2.32. The van der Waals surface area contributed by atoms with E-state index in [0.717, 1.165) is 12.8 Å². The van der Waals surface area contributed by atoms with E-state index in [9.17, 15) is 4.79 Å². The highest BCUT2D eigenvalue weighted by Crippen LogP contribution is 2.46. The van der Waals surface area contributed by atoms with Crippen LogP contribution in [0.5, 0.6) is 0 Å².